The normalized spacial score (nSPS) is 10.3. The molecule has 0 nitrogen and oxygen atoms in total. The maximum absolute atomic E-state index is 3.55. The largest absolute Gasteiger partial charge is 0.0876 e. The van der Waals surface area contributed by atoms with E-state index in [9.17, 15) is 0 Å². The quantitative estimate of drug-likeness (QED) is 0.589. The highest BCUT2D eigenvalue weighted by atomic mass is 79.9. The van der Waals surface area contributed by atoms with Crippen molar-refractivity contribution in [3.8, 4) is 0 Å². The van der Waals surface area contributed by atoms with Gasteiger partial charge < -0.3 is 0 Å². The number of alkyl halides is 2. The van der Waals surface area contributed by atoms with Crippen molar-refractivity contribution in [2.24, 2.45) is 0 Å². The lowest BCUT2D eigenvalue weighted by Gasteiger charge is -2.06. The third-order valence-corrected chi connectivity index (χ3v) is 4.16. The van der Waals surface area contributed by atoms with Gasteiger partial charge in [0, 0.05) is 19.6 Å². The van der Waals surface area contributed by atoms with E-state index in [4.69, 9.17) is 0 Å². The lowest BCUT2D eigenvalue weighted by Crippen LogP contribution is -1.87. The minimum absolute atomic E-state index is 0.868. The molecule has 0 spiro atoms. The van der Waals surface area contributed by atoms with E-state index in [1.165, 1.54) is 15.6 Å². The number of rotatable bonds is 2. The van der Waals surface area contributed by atoms with Crippen molar-refractivity contribution in [3.63, 3.8) is 0 Å². The molecule has 0 amide bonds. The number of halogens is 4. The molecule has 0 aliphatic carbocycles. The Morgan fingerprint density at radius 3 is 1.67 bits per heavy atom. The van der Waals surface area contributed by atoms with Crippen LogP contribution < -0.4 is 0 Å². The van der Waals surface area contributed by atoms with Crippen molar-refractivity contribution in [2.45, 2.75) is 10.7 Å². The van der Waals surface area contributed by atoms with Crippen molar-refractivity contribution >= 4 is 63.7 Å². The molecule has 1 rings (SSSR count). The van der Waals surface area contributed by atoms with Gasteiger partial charge in [-0.15, -0.1) is 0 Å². The van der Waals surface area contributed by atoms with Crippen molar-refractivity contribution in [1.29, 1.82) is 0 Å². The topological polar surface area (TPSA) is 0 Å². The number of benzene rings is 1. The van der Waals surface area contributed by atoms with Gasteiger partial charge in [0.1, 0.15) is 0 Å². The Labute approximate surface area is 106 Å². The van der Waals surface area contributed by atoms with E-state index in [2.05, 4.69) is 75.9 Å². The van der Waals surface area contributed by atoms with Gasteiger partial charge in [-0.25, -0.2) is 0 Å². The third kappa shape index (κ3) is 2.56. The summed E-state index contributed by atoms with van der Waals surface area (Å²) < 4.78 is 2.30. The Morgan fingerprint density at radius 2 is 1.33 bits per heavy atom. The minimum Gasteiger partial charge on any atom is -0.0876 e. The van der Waals surface area contributed by atoms with Gasteiger partial charge in [-0.05, 0) is 23.3 Å². The molecule has 0 aliphatic rings. The lowest BCUT2D eigenvalue weighted by atomic mass is 10.2. The Hall–Kier alpha value is 1.14. The highest BCUT2D eigenvalue weighted by molar-refractivity contribution is 9.11. The van der Waals surface area contributed by atoms with Gasteiger partial charge in [-0.3, -0.25) is 0 Å². The van der Waals surface area contributed by atoms with Crippen molar-refractivity contribution in [3.05, 3.63) is 32.2 Å². The second-order valence-electron chi connectivity index (χ2n) is 2.31. The molecule has 4 heteroatoms. The molecule has 0 heterocycles. The van der Waals surface area contributed by atoms with Gasteiger partial charge in [0.05, 0.1) is 0 Å². The maximum atomic E-state index is 3.55. The molecule has 0 unspecified atom stereocenters. The molecule has 66 valence electrons. The fourth-order valence-corrected chi connectivity index (χ4v) is 3.60. The predicted octanol–water partition coefficient (Wildman–Crippen LogP) is 5.00. The van der Waals surface area contributed by atoms with E-state index in [0.717, 1.165) is 15.1 Å². The van der Waals surface area contributed by atoms with Crippen LogP contribution in [0.3, 0.4) is 0 Å². The molecule has 0 fully saturated rings. The summed E-state index contributed by atoms with van der Waals surface area (Å²) >= 11 is 13.9. The number of hydrogen-bond acceptors (Lipinski definition) is 0. The summed E-state index contributed by atoms with van der Waals surface area (Å²) in [6, 6.07) is 4.20. The van der Waals surface area contributed by atoms with Gasteiger partial charge in [0.15, 0.2) is 0 Å². The van der Waals surface area contributed by atoms with Crippen LogP contribution >= 0.6 is 63.7 Å². The summed E-state index contributed by atoms with van der Waals surface area (Å²) in [5, 5.41) is 1.74. The minimum atomic E-state index is 0.868. The highest BCUT2D eigenvalue weighted by Crippen LogP contribution is 2.29. The molecule has 0 atom stereocenters. The van der Waals surface area contributed by atoms with Crippen molar-refractivity contribution < 1.29 is 0 Å². The van der Waals surface area contributed by atoms with Crippen LogP contribution in [0.1, 0.15) is 11.1 Å². The van der Waals surface area contributed by atoms with Crippen LogP contribution in [0.25, 0.3) is 0 Å². The first-order chi connectivity index (χ1) is 5.69. The summed E-state index contributed by atoms with van der Waals surface area (Å²) in [5.41, 5.74) is 2.53. The van der Waals surface area contributed by atoms with Crippen molar-refractivity contribution in [1.82, 2.24) is 0 Å². The number of hydrogen-bond donors (Lipinski definition) is 0. The lowest BCUT2D eigenvalue weighted by molar-refractivity contribution is 1.30. The van der Waals surface area contributed by atoms with Crippen LogP contribution in [-0.4, -0.2) is 0 Å². The zero-order valence-corrected chi connectivity index (χ0v) is 12.4. The molecule has 0 aliphatic heterocycles. The molecule has 0 aromatic heterocycles. The average molecular weight is 422 g/mol. The van der Waals surface area contributed by atoms with Crippen LogP contribution in [0.4, 0.5) is 0 Å². The maximum Gasteiger partial charge on any atom is 0.0294 e. The van der Waals surface area contributed by atoms with E-state index in [0.29, 0.717) is 0 Å². The standard InChI is InChI=1S/C8H6Br4/c9-3-5-1-7(11)2-6(4-10)8(5)12/h1-2H,3-4H2. The molecule has 1 aromatic rings. The zero-order chi connectivity index (χ0) is 9.14. The van der Waals surface area contributed by atoms with Crippen LogP contribution in [0.2, 0.25) is 0 Å². The first-order valence-corrected chi connectivity index (χ1v) is 7.10. The fourth-order valence-electron chi connectivity index (χ4n) is 0.902. The van der Waals surface area contributed by atoms with E-state index >= 15 is 0 Å². The summed E-state index contributed by atoms with van der Waals surface area (Å²) in [7, 11) is 0. The Balaban J connectivity index is 3.22. The SMILES string of the molecule is BrCc1cc(Br)cc(CBr)c1Br. The monoisotopic (exact) mass is 418 g/mol. The fraction of sp³-hybridized carbons (Fsp3) is 0.250. The summed E-state index contributed by atoms with van der Waals surface area (Å²) in [5.74, 6) is 0. The van der Waals surface area contributed by atoms with E-state index in [1.54, 1.807) is 0 Å². The zero-order valence-electron chi connectivity index (χ0n) is 6.08. The van der Waals surface area contributed by atoms with E-state index in [-0.39, 0.29) is 0 Å². The molecule has 0 saturated heterocycles. The third-order valence-electron chi connectivity index (χ3n) is 1.48. The molecule has 1 aromatic carbocycles. The molecule has 0 N–H and O–H groups in total. The Kier molecular flexibility index (Phi) is 4.79. The van der Waals surface area contributed by atoms with E-state index in [1.807, 2.05) is 0 Å². The average Bonchev–Trinajstić information content (AvgIpc) is 2.08. The highest BCUT2D eigenvalue weighted by Gasteiger charge is 2.05. The van der Waals surface area contributed by atoms with Crippen LogP contribution in [-0.2, 0) is 10.7 Å². The summed E-state index contributed by atoms with van der Waals surface area (Å²) in [4.78, 5) is 0. The van der Waals surface area contributed by atoms with Gasteiger partial charge >= 0.3 is 0 Å². The second kappa shape index (κ2) is 5.13. The van der Waals surface area contributed by atoms with Gasteiger partial charge in [-0.2, -0.15) is 0 Å². The van der Waals surface area contributed by atoms with E-state index < -0.39 is 0 Å². The van der Waals surface area contributed by atoms with Crippen LogP contribution in [0.15, 0.2) is 21.1 Å². The molecule has 0 bridgehead atoms. The van der Waals surface area contributed by atoms with Crippen LogP contribution in [0, 0.1) is 0 Å². The van der Waals surface area contributed by atoms with Gasteiger partial charge in [0.25, 0.3) is 0 Å². The molecule has 0 saturated carbocycles. The van der Waals surface area contributed by atoms with Crippen LogP contribution in [0.5, 0.6) is 0 Å². The van der Waals surface area contributed by atoms with Gasteiger partial charge in [0.2, 0.25) is 0 Å². The summed E-state index contributed by atoms with van der Waals surface area (Å²) in [6.07, 6.45) is 0. The van der Waals surface area contributed by atoms with Gasteiger partial charge in [-0.1, -0.05) is 63.7 Å². The smallest absolute Gasteiger partial charge is 0.0294 e. The van der Waals surface area contributed by atoms with Crippen molar-refractivity contribution in [2.75, 3.05) is 0 Å². The molecular formula is C8H6Br4. The summed E-state index contributed by atoms with van der Waals surface area (Å²) in [6.45, 7) is 0. The first kappa shape index (κ1) is 11.2. The molecular weight excluding hydrogens is 416 g/mol. The Bertz CT molecular complexity index is 257. The molecule has 12 heavy (non-hydrogen) atoms. The first-order valence-electron chi connectivity index (χ1n) is 3.27. The molecule has 0 radical (unpaired) electrons. The predicted molar refractivity (Wildman–Crippen MR) is 67.1 cm³/mol. The second-order valence-corrected chi connectivity index (χ2v) is 5.14. The Morgan fingerprint density at radius 1 is 0.917 bits per heavy atom.